The highest BCUT2D eigenvalue weighted by Gasteiger charge is 2.48. The second kappa shape index (κ2) is 5.96. The van der Waals surface area contributed by atoms with Gasteiger partial charge in [-0.2, -0.15) is 0 Å². The first kappa shape index (κ1) is 16.6. The van der Waals surface area contributed by atoms with Crippen LogP contribution in [0.4, 0.5) is 5.69 Å². The molecule has 3 rings (SSSR count). The zero-order valence-electron chi connectivity index (χ0n) is 13.8. The fraction of sp³-hybridized carbons (Fsp3) is 0.588. The Labute approximate surface area is 141 Å². The van der Waals surface area contributed by atoms with E-state index in [1.807, 2.05) is 31.9 Å². The molecule has 0 radical (unpaired) electrons. The van der Waals surface area contributed by atoms with Gasteiger partial charge in [-0.25, -0.2) is 0 Å². The standard InChI is InChI=1S/C17H23ClN2O3/c1-16(2)9-20(10-17(23-16)6-7-22-11-17)15(21)13-8-12(19-3)4-5-14(13)18/h4-5,8,19H,6-7,9-11H2,1-3H3. The van der Waals surface area contributed by atoms with Crippen LogP contribution in [0.1, 0.15) is 30.6 Å². The van der Waals surface area contributed by atoms with E-state index in [1.54, 1.807) is 12.1 Å². The molecule has 2 heterocycles. The lowest BCUT2D eigenvalue weighted by molar-refractivity contribution is -0.186. The maximum absolute atomic E-state index is 13.0. The van der Waals surface area contributed by atoms with E-state index >= 15 is 0 Å². The zero-order chi connectivity index (χ0) is 16.7. The number of benzene rings is 1. The second-order valence-electron chi connectivity index (χ2n) is 6.95. The first-order chi connectivity index (χ1) is 10.8. The SMILES string of the molecule is CNc1ccc(Cl)c(C(=O)N2CC(C)(C)OC3(CCOC3)C2)c1. The predicted octanol–water partition coefficient (Wildman–Crippen LogP) is 2.79. The van der Waals surface area contributed by atoms with Crippen LogP contribution >= 0.6 is 11.6 Å². The third kappa shape index (κ3) is 3.32. The van der Waals surface area contributed by atoms with E-state index in [2.05, 4.69) is 5.32 Å². The predicted molar refractivity (Wildman–Crippen MR) is 90.2 cm³/mol. The van der Waals surface area contributed by atoms with Gasteiger partial charge in [-0.1, -0.05) is 11.6 Å². The summed E-state index contributed by atoms with van der Waals surface area (Å²) < 4.78 is 11.8. The number of carbonyl (C=O) groups is 1. The largest absolute Gasteiger partial charge is 0.388 e. The van der Waals surface area contributed by atoms with E-state index < -0.39 is 11.2 Å². The van der Waals surface area contributed by atoms with E-state index in [0.29, 0.717) is 36.9 Å². The van der Waals surface area contributed by atoms with Gasteiger partial charge < -0.3 is 19.7 Å². The molecule has 1 aromatic carbocycles. The van der Waals surface area contributed by atoms with Crippen LogP contribution < -0.4 is 5.32 Å². The van der Waals surface area contributed by atoms with Crippen LogP contribution in [0.3, 0.4) is 0 Å². The Morgan fingerprint density at radius 1 is 1.35 bits per heavy atom. The van der Waals surface area contributed by atoms with Gasteiger partial charge in [0.25, 0.3) is 5.91 Å². The number of ether oxygens (including phenoxy) is 2. The summed E-state index contributed by atoms with van der Waals surface area (Å²) in [4.78, 5) is 14.9. The molecule has 2 fully saturated rings. The van der Waals surface area contributed by atoms with Gasteiger partial charge in [-0.3, -0.25) is 4.79 Å². The lowest BCUT2D eigenvalue weighted by atomic mass is 9.94. The number of hydrogen-bond acceptors (Lipinski definition) is 4. The molecule has 0 aliphatic carbocycles. The molecule has 1 N–H and O–H groups in total. The normalized spacial score (nSPS) is 26.5. The van der Waals surface area contributed by atoms with E-state index in [4.69, 9.17) is 21.1 Å². The minimum Gasteiger partial charge on any atom is -0.388 e. The lowest BCUT2D eigenvalue weighted by Crippen LogP contribution is -2.61. The van der Waals surface area contributed by atoms with Crippen molar-refractivity contribution < 1.29 is 14.3 Å². The summed E-state index contributed by atoms with van der Waals surface area (Å²) >= 11 is 6.26. The Kier molecular flexibility index (Phi) is 4.29. The summed E-state index contributed by atoms with van der Waals surface area (Å²) in [6, 6.07) is 5.40. The zero-order valence-corrected chi connectivity index (χ0v) is 14.6. The Bertz CT molecular complexity index is 612. The Morgan fingerprint density at radius 3 is 2.78 bits per heavy atom. The van der Waals surface area contributed by atoms with E-state index in [1.165, 1.54) is 0 Å². The number of carbonyl (C=O) groups excluding carboxylic acids is 1. The van der Waals surface area contributed by atoms with Crippen molar-refractivity contribution in [2.75, 3.05) is 38.7 Å². The number of halogens is 1. The molecule has 2 aliphatic rings. The van der Waals surface area contributed by atoms with Gasteiger partial charge in [0.05, 0.1) is 29.3 Å². The Morgan fingerprint density at radius 2 is 2.13 bits per heavy atom. The highest BCUT2D eigenvalue weighted by molar-refractivity contribution is 6.34. The smallest absolute Gasteiger partial charge is 0.255 e. The lowest BCUT2D eigenvalue weighted by Gasteiger charge is -2.48. The number of hydrogen-bond donors (Lipinski definition) is 1. The van der Waals surface area contributed by atoms with Crippen molar-refractivity contribution >= 4 is 23.2 Å². The van der Waals surface area contributed by atoms with Crippen LogP contribution in [0.15, 0.2) is 18.2 Å². The molecular formula is C17H23ClN2O3. The van der Waals surface area contributed by atoms with Gasteiger partial charge in [0.2, 0.25) is 0 Å². The van der Waals surface area contributed by atoms with E-state index in [0.717, 1.165) is 12.1 Å². The first-order valence-electron chi connectivity index (χ1n) is 7.89. The van der Waals surface area contributed by atoms with Crippen molar-refractivity contribution in [3.05, 3.63) is 28.8 Å². The topological polar surface area (TPSA) is 50.8 Å². The van der Waals surface area contributed by atoms with Crippen molar-refractivity contribution in [1.82, 2.24) is 4.90 Å². The molecule has 2 saturated heterocycles. The van der Waals surface area contributed by atoms with E-state index in [-0.39, 0.29) is 5.91 Å². The Hall–Kier alpha value is -1.30. The molecule has 1 spiro atoms. The molecular weight excluding hydrogens is 316 g/mol. The number of anilines is 1. The van der Waals surface area contributed by atoms with Gasteiger partial charge in [0, 0.05) is 32.3 Å². The summed E-state index contributed by atoms with van der Waals surface area (Å²) in [5.74, 6) is -0.0604. The van der Waals surface area contributed by atoms with Crippen LogP contribution in [-0.4, -0.2) is 55.4 Å². The van der Waals surface area contributed by atoms with Crippen molar-refractivity contribution in [3.63, 3.8) is 0 Å². The number of nitrogens with zero attached hydrogens (tertiary/aromatic N) is 1. The molecule has 0 saturated carbocycles. The number of rotatable bonds is 2. The third-order valence-corrected chi connectivity index (χ3v) is 4.71. The van der Waals surface area contributed by atoms with Gasteiger partial charge in [0.1, 0.15) is 5.60 Å². The van der Waals surface area contributed by atoms with Gasteiger partial charge in [-0.15, -0.1) is 0 Å². The van der Waals surface area contributed by atoms with Crippen molar-refractivity contribution in [2.45, 2.75) is 31.5 Å². The highest BCUT2D eigenvalue weighted by atomic mass is 35.5. The maximum atomic E-state index is 13.0. The second-order valence-corrected chi connectivity index (χ2v) is 7.36. The van der Waals surface area contributed by atoms with Crippen molar-refractivity contribution in [2.24, 2.45) is 0 Å². The fourth-order valence-corrected chi connectivity index (χ4v) is 3.66. The van der Waals surface area contributed by atoms with Crippen LogP contribution in [0.2, 0.25) is 5.02 Å². The maximum Gasteiger partial charge on any atom is 0.255 e. The summed E-state index contributed by atoms with van der Waals surface area (Å²) in [6.07, 6.45) is 0.810. The van der Waals surface area contributed by atoms with Gasteiger partial charge >= 0.3 is 0 Å². The summed E-state index contributed by atoms with van der Waals surface area (Å²) in [6.45, 7) is 6.30. The number of morpholine rings is 1. The highest BCUT2D eigenvalue weighted by Crippen LogP contribution is 2.35. The molecule has 23 heavy (non-hydrogen) atoms. The van der Waals surface area contributed by atoms with Crippen LogP contribution in [-0.2, 0) is 9.47 Å². The minimum atomic E-state index is -0.408. The average molecular weight is 339 g/mol. The Balaban J connectivity index is 1.89. The van der Waals surface area contributed by atoms with Crippen molar-refractivity contribution in [3.8, 4) is 0 Å². The minimum absolute atomic E-state index is 0.0604. The summed E-state index contributed by atoms with van der Waals surface area (Å²) in [5.41, 5.74) is 0.577. The molecule has 1 atom stereocenters. The molecule has 1 aromatic rings. The number of nitrogens with one attached hydrogen (secondary N) is 1. The van der Waals surface area contributed by atoms with Crippen LogP contribution in [0.5, 0.6) is 0 Å². The van der Waals surface area contributed by atoms with Gasteiger partial charge in [-0.05, 0) is 32.0 Å². The molecule has 0 bridgehead atoms. The molecule has 1 amide bonds. The molecule has 0 aromatic heterocycles. The molecule has 1 unspecified atom stereocenters. The molecule has 2 aliphatic heterocycles. The molecule has 126 valence electrons. The van der Waals surface area contributed by atoms with Crippen LogP contribution in [0.25, 0.3) is 0 Å². The van der Waals surface area contributed by atoms with Crippen molar-refractivity contribution in [1.29, 1.82) is 0 Å². The number of amides is 1. The molecule has 5 nitrogen and oxygen atoms in total. The van der Waals surface area contributed by atoms with E-state index in [9.17, 15) is 4.79 Å². The quantitative estimate of drug-likeness (QED) is 0.901. The molecule has 6 heteroatoms. The monoisotopic (exact) mass is 338 g/mol. The summed E-state index contributed by atoms with van der Waals surface area (Å²) in [5, 5.41) is 3.51. The summed E-state index contributed by atoms with van der Waals surface area (Å²) in [7, 11) is 1.82. The first-order valence-corrected chi connectivity index (χ1v) is 8.26. The fourth-order valence-electron chi connectivity index (χ4n) is 3.47. The van der Waals surface area contributed by atoms with Crippen LogP contribution in [0, 0.1) is 0 Å². The van der Waals surface area contributed by atoms with Gasteiger partial charge in [0.15, 0.2) is 0 Å². The third-order valence-electron chi connectivity index (χ3n) is 4.38. The average Bonchev–Trinajstić information content (AvgIpc) is 2.92.